The van der Waals surface area contributed by atoms with Crippen molar-refractivity contribution in [3.8, 4) is 0 Å². The van der Waals surface area contributed by atoms with Crippen molar-refractivity contribution in [2.24, 2.45) is 5.73 Å². The third kappa shape index (κ3) is 6.91. The molecule has 2 rings (SSSR count). The zero-order valence-electron chi connectivity index (χ0n) is 11.4. The number of carbonyl (C=O) groups is 1. The van der Waals surface area contributed by atoms with Crippen LogP contribution in [0.15, 0.2) is 41.9 Å². The van der Waals surface area contributed by atoms with Crippen LogP contribution in [0.2, 0.25) is 0 Å². The maximum absolute atomic E-state index is 11.8. The van der Waals surface area contributed by atoms with Gasteiger partial charge in [-0.05, 0) is 12.0 Å². The maximum Gasteiger partial charge on any atom is 0.237 e. The van der Waals surface area contributed by atoms with Crippen LogP contribution in [0.1, 0.15) is 10.6 Å². The van der Waals surface area contributed by atoms with Crippen molar-refractivity contribution in [3.63, 3.8) is 0 Å². The van der Waals surface area contributed by atoms with E-state index in [9.17, 15) is 4.79 Å². The average Bonchev–Trinajstić information content (AvgIpc) is 2.93. The number of hydrogen-bond acceptors (Lipinski definition) is 4. The van der Waals surface area contributed by atoms with Crippen LogP contribution in [0.3, 0.4) is 0 Å². The largest absolute Gasteiger partial charge is 0.354 e. The lowest BCUT2D eigenvalue weighted by Gasteiger charge is -2.11. The van der Waals surface area contributed by atoms with Gasteiger partial charge in [0.05, 0.1) is 11.0 Å². The Kier molecular flexibility index (Phi) is 9.99. The lowest BCUT2D eigenvalue weighted by Crippen LogP contribution is -2.42. The van der Waals surface area contributed by atoms with Crippen LogP contribution in [0.5, 0.6) is 0 Å². The number of rotatable bonds is 6. The number of hydrogen-bond donors (Lipinski definition) is 2. The summed E-state index contributed by atoms with van der Waals surface area (Å²) in [6.07, 6.45) is 3.08. The van der Waals surface area contributed by atoms with Crippen LogP contribution in [0.4, 0.5) is 0 Å². The summed E-state index contributed by atoms with van der Waals surface area (Å²) in [5, 5.41) is 5.80. The summed E-state index contributed by atoms with van der Waals surface area (Å²) in [5.74, 6) is -0.111. The van der Waals surface area contributed by atoms with E-state index in [0.29, 0.717) is 13.0 Å². The predicted molar refractivity (Wildman–Crippen MR) is 91.4 cm³/mol. The molecular formula is C14H19Cl2N3OS. The Balaban J connectivity index is 0.00000200. The zero-order valence-corrected chi connectivity index (χ0v) is 13.8. The first-order chi connectivity index (χ1) is 9.25. The van der Waals surface area contributed by atoms with E-state index in [4.69, 9.17) is 5.73 Å². The standard InChI is InChI=1S/C14H17N3OS.2ClH/c15-12(10-11-4-2-1-3-5-11)14(18)17-7-6-13-16-8-9-19-13;;/h1-5,8-9,12H,6-7,10,15H2,(H,17,18);2*1H/t12-;;/m0../s1. The van der Waals surface area contributed by atoms with Crippen molar-refractivity contribution >= 4 is 42.1 Å². The summed E-state index contributed by atoms with van der Waals surface area (Å²) >= 11 is 1.59. The van der Waals surface area contributed by atoms with Crippen molar-refractivity contribution in [2.45, 2.75) is 18.9 Å². The smallest absolute Gasteiger partial charge is 0.237 e. The van der Waals surface area contributed by atoms with Gasteiger partial charge < -0.3 is 11.1 Å². The van der Waals surface area contributed by atoms with Crippen LogP contribution in [-0.2, 0) is 17.6 Å². The Bertz CT molecular complexity index is 508. The highest BCUT2D eigenvalue weighted by molar-refractivity contribution is 7.09. The molecule has 0 fully saturated rings. The number of carbonyl (C=O) groups excluding carboxylic acids is 1. The molecular weight excluding hydrogens is 329 g/mol. The molecule has 1 amide bonds. The van der Waals surface area contributed by atoms with Gasteiger partial charge in [0.1, 0.15) is 0 Å². The summed E-state index contributed by atoms with van der Waals surface area (Å²) in [4.78, 5) is 16.0. The van der Waals surface area contributed by atoms with Crippen molar-refractivity contribution in [2.75, 3.05) is 6.54 Å². The molecule has 21 heavy (non-hydrogen) atoms. The van der Waals surface area contributed by atoms with E-state index in [-0.39, 0.29) is 30.7 Å². The molecule has 0 spiro atoms. The van der Waals surface area contributed by atoms with Gasteiger partial charge in [0, 0.05) is 24.5 Å². The molecule has 0 saturated heterocycles. The fourth-order valence-electron chi connectivity index (χ4n) is 1.76. The van der Waals surface area contributed by atoms with E-state index in [1.807, 2.05) is 35.7 Å². The van der Waals surface area contributed by atoms with Crippen LogP contribution in [0, 0.1) is 0 Å². The summed E-state index contributed by atoms with van der Waals surface area (Å²) < 4.78 is 0. The highest BCUT2D eigenvalue weighted by atomic mass is 35.5. The van der Waals surface area contributed by atoms with E-state index in [0.717, 1.165) is 17.0 Å². The van der Waals surface area contributed by atoms with Gasteiger partial charge in [0.25, 0.3) is 0 Å². The van der Waals surface area contributed by atoms with E-state index >= 15 is 0 Å². The van der Waals surface area contributed by atoms with Crippen molar-refractivity contribution < 1.29 is 4.79 Å². The molecule has 0 aliphatic heterocycles. The SMILES string of the molecule is Cl.Cl.N[C@@H](Cc1ccccc1)C(=O)NCCc1nccs1. The lowest BCUT2D eigenvalue weighted by atomic mass is 10.1. The first-order valence-electron chi connectivity index (χ1n) is 6.21. The highest BCUT2D eigenvalue weighted by Crippen LogP contribution is 2.04. The molecule has 116 valence electrons. The summed E-state index contributed by atoms with van der Waals surface area (Å²) in [6, 6.07) is 9.29. The lowest BCUT2D eigenvalue weighted by molar-refractivity contribution is -0.122. The quantitative estimate of drug-likeness (QED) is 0.841. The molecule has 0 bridgehead atoms. The van der Waals surface area contributed by atoms with Crippen LogP contribution >= 0.6 is 36.2 Å². The second kappa shape index (κ2) is 10.6. The molecule has 1 atom stereocenters. The fourth-order valence-corrected chi connectivity index (χ4v) is 2.38. The van der Waals surface area contributed by atoms with Gasteiger partial charge in [-0.1, -0.05) is 30.3 Å². The molecule has 1 aromatic carbocycles. The third-order valence-corrected chi connectivity index (χ3v) is 3.60. The molecule has 0 aliphatic rings. The summed E-state index contributed by atoms with van der Waals surface area (Å²) in [7, 11) is 0. The van der Waals surface area contributed by atoms with E-state index in [2.05, 4.69) is 10.3 Å². The predicted octanol–water partition coefficient (Wildman–Crippen LogP) is 2.22. The van der Waals surface area contributed by atoms with E-state index < -0.39 is 6.04 Å². The van der Waals surface area contributed by atoms with Gasteiger partial charge >= 0.3 is 0 Å². The molecule has 1 heterocycles. The topological polar surface area (TPSA) is 68.0 Å². The van der Waals surface area contributed by atoms with Crippen LogP contribution in [0.25, 0.3) is 0 Å². The maximum atomic E-state index is 11.8. The Morgan fingerprint density at radius 1 is 1.29 bits per heavy atom. The number of nitrogens with two attached hydrogens (primary N) is 1. The first kappa shape index (κ1) is 19.9. The summed E-state index contributed by atoms with van der Waals surface area (Å²) in [5.41, 5.74) is 6.96. The minimum absolute atomic E-state index is 0. The number of thiazole rings is 1. The van der Waals surface area contributed by atoms with Gasteiger partial charge in [-0.2, -0.15) is 0 Å². The van der Waals surface area contributed by atoms with Crippen molar-refractivity contribution in [1.82, 2.24) is 10.3 Å². The molecule has 0 saturated carbocycles. The Morgan fingerprint density at radius 2 is 2.00 bits per heavy atom. The Morgan fingerprint density at radius 3 is 2.62 bits per heavy atom. The van der Waals surface area contributed by atoms with Gasteiger partial charge in [-0.25, -0.2) is 4.98 Å². The van der Waals surface area contributed by atoms with Crippen molar-refractivity contribution in [1.29, 1.82) is 0 Å². The normalized spacial score (nSPS) is 10.9. The molecule has 0 aliphatic carbocycles. The monoisotopic (exact) mass is 347 g/mol. The second-order valence-corrected chi connectivity index (χ2v) is 5.24. The highest BCUT2D eigenvalue weighted by Gasteiger charge is 2.13. The van der Waals surface area contributed by atoms with Gasteiger partial charge in [0.2, 0.25) is 5.91 Å². The minimum atomic E-state index is -0.501. The number of amides is 1. The number of benzene rings is 1. The molecule has 0 unspecified atom stereocenters. The Hall–Kier alpha value is -1.14. The van der Waals surface area contributed by atoms with Gasteiger partial charge in [-0.3, -0.25) is 4.79 Å². The number of halogens is 2. The first-order valence-corrected chi connectivity index (χ1v) is 7.09. The summed E-state index contributed by atoms with van der Waals surface area (Å²) in [6.45, 7) is 0.578. The number of aromatic nitrogens is 1. The van der Waals surface area contributed by atoms with Gasteiger partial charge in [0.15, 0.2) is 0 Å². The van der Waals surface area contributed by atoms with Crippen LogP contribution < -0.4 is 11.1 Å². The molecule has 2 aromatic rings. The number of nitrogens with one attached hydrogen (secondary N) is 1. The second-order valence-electron chi connectivity index (χ2n) is 4.26. The average molecular weight is 348 g/mol. The van der Waals surface area contributed by atoms with E-state index in [1.54, 1.807) is 17.5 Å². The third-order valence-electron chi connectivity index (χ3n) is 2.76. The molecule has 7 heteroatoms. The Labute approximate surface area is 141 Å². The van der Waals surface area contributed by atoms with Crippen molar-refractivity contribution in [3.05, 3.63) is 52.5 Å². The molecule has 1 aromatic heterocycles. The zero-order chi connectivity index (χ0) is 13.5. The molecule has 4 nitrogen and oxygen atoms in total. The fraction of sp³-hybridized carbons (Fsp3) is 0.286. The number of nitrogens with zero attached hydrogens (tertiary/aromatic N) is 1. The van der Waals surface area contributed by atoms with Gasteiger partial charge in [-0.15, -0.1) is 36.2 Å². The molecule has 0 radical (unpaired) electrons. The van der Waals surface area contributed by atoms with Crippen LogP contribution in [-0.4, -0.2) is 23.5 Å². The molecule has 3 N–H and O–H groups in total. The minimum Gasteiger partial charge on any atom is -0.354 e. The van der Waals surface area contributed by atoms with E-state index in [1.165, 1.54) is 0 Å².